The first-order chi connectivity index (χ1) is 6.47. The molecule has 0 radical (unpaired) electrons. The van der Waals surface area contributed by atoms with Crippen molar-refractivity contribution < 1.29 is 19.8 Å². The highest BCUT2D eigenvalue weighted by Crippen LogP contribution is 1.83. The molecule has 4 N–H and O–H groups in total. The Labute approximate surface area is 81.6 Å². The van der Waals surface area contributed by atoms with Crippen LogP contribution in [0.15, 0.2) is 12.7 Å². The van der Waals surface area contributed by atoms with E-state index in [0.717, 1.165) is 0 Å². The zero-order valence-corrected chi connectivity index (χ0v) is 7.86. The van der Waals surface area contributed by atoms with E-state index < -0.39 is 18.1 Å². The van der Waals surface area contributed by atoms with Gasteiger partial charge in [-0.15, -0.1) is 6.58 Å². The summed E-state index contributed by atoms with van der Waals surface area (Å²) in [6, 6.07) is -0.755. The maximum atomic E-state index is 11.0. The van der Waals surface area contributed by atoms with Gasteiger partial charge in [-0.05, 0) is 6.92 Å². The van der Waals surface area contributed by atoms with E-state index in [9.17, 15) is 9.59 Å². The Balaban J connectivity index is 3.74. The van der Waals surface area contributed by atoms with E-state index in [1.165, 1.54) is 6.08 Å². The molecule has 0 aromatic carbocycles. The smallest absolute Gasteiger partial charge is 0.334 e. The molecule has 0 heterocycles. The van der Waals surface area contributed by atoms with Crippen LogP contribution < -0.4 is 10.6 Å². The highest BCUT2D eigenvalue weighted by Gasteiger charge is 2.14. The molecule has 0 rings (SSSR count). The molecule has 0 fully saturated rings. The number of hydrogen-bond donors (Lipinski definition) is 4. The van der Waals surface area contributed by atoms with Crippen LogP contribution in [0.1, 0.15) is 6.92 Å². The van der Waals surface area contributed by atoms with Crippen molar-refractivity contribution in [2.75, 3.05) is 6.54 Å². The monoisotopic (exact) mass is 202 g/mol. The van der Waals surface area contributed by atoms with Gasteiger partial charge in [0.05, 0.1) is 6.54 Å². The van der Waals surface area contributed by atoms with Crippen molar-refractivity contribution in [3.8, 4) is 0 Å². The average molecular weight is 202 g/mol. The summed E-state index contributed by atoms with van der Waals surface area (Å²) in [7, 11) is 0. The summed E-state index contributed by atoms with van der Waals surface area (Å²) in [5.41, 5.74) is 0. The van der Waals surface area contributed by atoms with Gasteiger partial charge < -0.3 is 20.8 Å². The van der Waals surface area contributed by atoms with Crippen LogP contribution in [0.25, 0.3) is 0 Å². The van der Waals surface area contributed by atoms with Gasteiger partial charge in [0, 0.05) is 6.04 Å². The third-order valence-corrected chi connectivity index (χ3v) is 1.45. The molecular weight excluding hydrogens is 188 g/mol. The second kappa shape index (κ2) is 5.98. The number of hydrogen-bond acceptors (Lipinski definition) is 3. The highest BCUT2D eigenvalue weighted by atomic mass is 16.4. The summed E-state index contributed by atoms with van der Waals surface area (Å²) in [6.45, 7) is 4.83. The first-order valence-corrected chi connectivity index (χ1v) is 4.05. The molecule has 2 amide bonds. The molecule has 6 heteroatoms. The van der Waals surface area contributed by atoms with Crippen molar-refractivity contribution in [1.82, 2.24) is 10.6 Å². The minimum atomic E-state index is -1.58. The number of aliphatic hydroxyl groups is 1. The third-order valence-electron chi connectivity index (χ3n) is 1.45. The predicted octanol–water partition coefficient (Wildman–Crippen LogP) is -0.694. The Hall–Kier alpha value is -1.56. The minimum Gasteiger partial charge on any atom is -0.479 e. The van der Waals surface area contributed by atoms with Gasteiger partial charge in [-0.2, -0.15) is 0 Å². The number of rotatable bonds is 5. The summed E-state index contributed by atoms with van der Waals surface area (Å²) >= 11 is 0. The Bertz CT molecular complexity index is 229. The number of aliphatic carboxylic acids is 1. The molecule has 1 unspecified atom stereocenters. The first kappa shape index (κ1) is 12.4. The molecule has 0 aromatic heterocycles. The van der Waals surface area contributed by atoms with Crippen molar-refractivity contribution in [2.24, 2.45) is 0 Å². The second-order valence-electron chi connectivity index (χ2n) is 2.73. The standard InChI is InChI=1S/C8H14N2O4/c1-3-5(2)10-8(14)9-4-6(11)7(12)13/h3,5-6,11H,1,4H2,2H3,(H,12,13)(H2,9,10,14)/t5?,6-/m0/s1. The van der Waals surface area contributed by atoms with Crippen LogP contribution in [0.5, 0.6) is 0 Å². The van der Waals surface area contributed by atoms with Gasteiger partial charge in [-0.25, -0.2) is 9.59 Å². The Morgan fingerprint density at radius 3 is 2.57 bits per heavy atom. The molecule has 0 spiro atoms. The average Bonchev–Trinajstić information content (AvgIpc) is 2.13. The lowest BCUT2D eigenvalue weighted by atomic mass is 10.3. The van der Waals surface area contributed by atoms with Gasteiger partial charge in [-0.3, -0.25) is 0 Å². The minimum absolute atomic E-state index is 0.211. The third kappa shape index (κ3) is 5.15. The maximum Gasteiger partial charge on any atom is 0.334 e. The fourth-order valence-electron chi connectivity index (χ4n) is 0.593. The van der Waals surface area contributed by atoms with E-state index in [-0.39, 0.29) is 12.6 Å². The number of urea groups is 1. The fourth-order valence-corrected chi connectivity index (χ4v) is 0.593. The number of nitrogens with one attached hydrogen (secondary N) is 2. The van der Waals surface area contributed by atoms with Crippen LogP contribution in [0.3, 0.4) is 0 Å². The first-order valence-electron chi connectivity index (χ1n) is 4.05. The summed E-state index contributed by atoms with van der Waals surface area (Å²) in [5, 5.41) is 21.7. The van der Waals surface area contributed by atoms with Crippen LogP contribution in [-0.2, 0) is 4.79 Å². The Morgan fingerprint density at radius 2 is 2.14 bits per heavy atom. The molecule has 0 saturated carbocycles. The molecule has 0 bridgehead atoms. The molecule has 14 heavy (non-hydrogen) atoms. The van der Waals surface area contributed by atoms with Crippen LogP contribution in [0, 0.1) is 0 Å². The van der Waals surface area contributed by atoms with Crippen LogP contribution in [0.4, 0.5) is 4.79 Å². The number of carbonyl (C=O) groups excluding carboxylic acids is 1. The predicted molar refractivity (Wildman–Crippen MR) is 49.8 cm³/mol. The molecule has 2 atom stereocenters. The Morgan fingerprint density at radius 1 is 1.57 bits per heavy atom. The molecule has 0 aliphatic heterocycles. The molecule has 0 aromatic rings. The lowest BCUT2D eigenvalue weighted by Crippen LogP contribution is -2.44. The van der Waals surface area contributed by atoms with E-state index >= 15 is 0 Å². The number of carboxylic acid groups (broad SMARTS) is 1. The normalized spacial score (nSPS) is 13.9. The molecule has 0 saturated heterocycles. The molecule has 6 nitrogen and oxygen atoms in total. The SMILES string of the molecule is C=CC(C)NC(=O)NC[C@H](O)C(=O)O. The van der Waals surface area contributed by atoms with E-state index in [0.29, 0.717) is 0 Å². The van der Waals surface area contributed by atoms with Crippen molar-refractivity contribution in [3.05, 3.63) is 12.7 Å². The topological polar surface area (TPSA) is 98.7 Å². The van der Waals surface area contributed by atoms with Gasteiger partial charge in [0.15, 0.2) is 6.10 Å². The molecule has 80 valence electrons. The molecule has 0 aliphatic rings. The van der Waals surface area contributed by atoms with Gasteiger partial charge in [-0.1, -0.05) is 6.08 Å². The van der Waals surface area contributed by atoms with Gasteiger partial charge in [0.2, 0.25) is 0 Å². The van der Waals surface area contributed by atoms with Crippen molar-refractivity contribution >= 4 is 12.0 Å². The lowest BCUT2D eigenvalue weighted by Gasteiger charge is -2.11. The van der Waals surface area contributed by atoms with Crippen molar-refractivity contribution in [2.45, 2.75) is 19.1 Å². The van der Waals surface area contributed by atoms with Crippen LogP contribution in [0.2, 0.25) is 0 Å². The largest absolute Gasteiger partial charge is 0.479 e. The number of carbonyl (C=O) groups is 2. The second-order valence-corrected chi connectivity index (χ2v) is 2.73. The van der Waals surface area contributed by atoms with E-state index in [1.807, 2.05) is 0 Å². The zero-order chi connectivity index (χ0) is 11.1. The molecular formula is C8H14N2O4. The summed E-state index contributed by atoms with van der Waals surface area (Å²) < 4.78 is 0. The van der Waals surface area contributed by atoms with E-state index in [2.05, 4.69) is 17.2 Å². The van der Waals surface area contributed by atoms with Crippen molar-refractivity contribution in [3.63, 3.8) is 0 Å². The number of amides is 2. The Kier molecular flexibility index (Phi) is 5.31. The number of carboxylic acids is 1. The highest BCUT2D eigenvalue weighted by molar-refractivity contribution is 5.76. The molecule has 0 aliphatic carbocycles. The lowest BCUT2D eigenvalue weighted by molar-refractivity contribution is -0.146. The van der Waals surface area contributed by atoms with E-state index in [1.54, 1.807) is 6.92 Å². The summed E-state index contributed by atoms with van der Waals surface area (Å²) in [6.07, 6.45) is -0.0625. The van der Waals surface area contributed by atoms with Crippen LogP contribution >= 0.6 is 0 Å². The van der Waals surface area contributed by atoms with Crippen LogP contribution in [-0.4, -0.2) is 40.9 Å². The zero-order valence-electron chi connectivity index (χ0n) is 7.86. The van der Waals surface area contributed by atoms with Gasteiger partial charge >= 0.3 is 12.0 Å². The quantitative estimate of drug-likeness (QED) is 0.443. The maximum absolute atomic E-state index is 11.0. The van der Waals surface area contributed by atoms with Gasteiger partial charge in [0.25, 0.3) is 0 Å². The summed E-state index contributed by atoms with van der Waals surface area (Å²) in [5.74, 6) is -1.37. The number of aliphatic hydroxyl groups excluding tert-OH is 1. The summed E-state index contributed by atoms with van der Waals surface area (Å²) in [4.78, 5) is 21.1. The van der Waals surface area contributed by atoms with E-state index in [4.69, 9.17) is 10.2 Å². The van der Waals surface area contributed by atoms with Crippen molar-refractivity contribution in [1.29, 1.82) is 0 Å². The fraction of sp³-hybridized carbons (Fsp3) is 0.500. The van der Waals surface area contributed by atoms with Gasteiger partial charge in [0.1, 0.15) is 0 Å².